The molecule has 1 N–H and O–H groups in total. The first-order valence-electron chi connectivity index (χ1n) is 12.7. The summed E-state index contributed by atoms with van der Waals surface area (Å²) < 4.78 is 18.8. The van der Waals surface area contributed by atoms with Crippen LogP contribution in [0, 0.1) is 29.5 Å². The van der Waals surface area contributed by atoms with Gasteiger partial charge in [0.15, 0.2) is 0 Å². The van der Waals surface area contributed by atoms with Crippen molar-refractivity contribution in [1.82, 2.24) is 9.88 Å². The minimum atomic E-state index is -0.749. The SMILES string of the molecule is COc1ccc2nccc(CCCC3CCN(CC#Cc4ccc(F)c(Cl)c4)CC3CCC(=O)O)c2c1. The van der Waals surface area contributed by atoms with Crippen LogP contribution in [0.15, 0.2) is 48.7 Å². The van der Waals surface area contributed by atoms with Gasteiger partial charge in [0.1, 0.15) is 11.6 Å². The van der Waals surface area contributed by atoms with Crippen LogP contribution < -0.4 is 4.74 Å². The van der Waals surface area contributed by atoms with E-state index in [1.807, 2.05) is 24.4 Å². The summed E-state index contributed by atoms with van der Waals surface area (Å²) in [5.41, 5.74) is 2.92. The number of aliphatic carboxylic acids is 1. The Balaban J connectivity index is 1.36. The van der Waals surface area contributed by atoms with Crippen LogP contribution in [0.4, 0.5) is 4.39 Å². The van der Waals surface area contributed by atoms with E-state index in [2.05, 4.69) is 27.8 Å². The summed E-state index contributed by atoms with van der Waals surface area (Å²) in [4.78, 5) is 18.1. The average molecular weight is 523 g/mol. The number of piperidine rings is 1. The molecular weight excluding hydrogens is 491 g/mol. The minimum absolute atomic E-state index is 0.0697. The van der Waals surface area contributed by atoms with Crippen molar-refractivity contribution in [3.05, 3.63) is 70.6 Å². The molecule has 0 bridgehead atoms. The lowest BCUT2D eigenvalue weighted by molar-refractivity contribution is -0.137. The van der Waals surface area contributed by atoms with Gasteiger partial charge in [-0.05, 0) is 98.5 Å². The molecule has 4 rings (SSSR count). The highest BCUT2D eigenvalue weighted by molar-refractivity contribution is 6.30. The summed E-state index contributed by atoms with van der Waals surface area (Å²) in [7, 11) is 1.67. The highest BCUT2D eigenvalue weighted by Gasteiger charge is 2.29. The largest absolute Gasteiger partial charge is 0.497 e. The standard InChI is InChI=1S/C30H32ClFN2O3/c1-37-25-9-11-29-26(19-25)23(13-15-33-29)6-2-5-22-14-17-34(20-24(22)8-12-30(35)36)16-3-4-21-7-10-28(32)27(31)18-21/h7,9-11,13,15,18-19,22,24H,2,5-6,8,12,14,16-17,20H2,1H3,(H,35,36). The molecule has 0 amide bonds. The molecule has 37 heavy (non-hydrogen) atoms. The Kier molecular flexibility index (Phi) is 9.38. The second-order valence-electron chi connectivity index (χ2n) is 9.65. The fourth-order valence-corrected chi connectivity index (χ4v) is 5.41. The fraction of sp³-hybridized carbons (Fsp3) is 0.400. The molecule has 1 fully saturated rings. The van der Waals surface area contributed by atoms with E-state index in [9.17, 15) is 14.3 Å². The molecule has 0 radical (unpaired) electrons. The van der Waals surface area contributed by atoms with Crippen molar-refractivity contribution >= 4 is 28.5 Å². The molecule has 5 nitrogen and oxygen atoms in total. The van der Waals surface area contributed by atoms with Gasteiger partial charge in [0.2, 0.25) is 0 Å². The van der Waals surface area contributed by atoms with Crippen LogP contribution in [0.2, 0.25) is 5.02 Å². The van der Waals surface area contributed by atoms with Gasteiger partial charge in [0.25, 0.3) is 0 Å². The number of aryl methyl sites for hydroxylation is 1. The molecule has 1 aromatic heterocycles. The first-order valence-corrected chi connectivity index (χ1v) is 13.1. The summed E-state index contributed by atoms with van der Waals surface area (Å²) in [6.45, 7) is 2.37. The van der Waals surface area contributed by atoms with Crippen LogP contribution in [-0.4, -0.2) is 47.7 Å². The maximum absolute atomic E-state index is 13.4. The molecule has 2 atom stereocenters. The number of nitrogens with zero attached hydrogens (tertiary/aromatic N) is 2. The van der Waals surface area contributed by atoms with Gasteiger partial charge in [-0.1, -0.05) is 23.4 Å². The first kappa shape index (κ1) is 26.9. The van der Waals surface area contributed by atoms with E-state index >= 15 is 0 Å². The number of hydrogen-bond acceptors (Lipinski definition) is 4. The van der Waals surface area contributed by atoms with Crippen LogP contribution in [0.5, 0.6) is 5.75 Å². The van der Waals surface area contributed by atoms with Gasteiger partial charge in [0.05, 0.1) is 24.2 Å². The number of rotatable bonds is 9. The van der Waals surface area contributed by atoms with E-state index in [1.54, 1.807) is 13.2 Å². The number of hydrogen-bond donors (Lipinski definition) is 1. The normalized spacial score (nSPS) is 17.8. The van der Waals surface area contributed by atoms with Crippen molar-refractivity contribution in [2.75, 3.05) is 26.7 Å². The van der Waals surface area contributed by atoms with Gasteiger partial charge >= 0.3 is 5.97 Å². The Hall–Kier alpha value is -3.14. The maximum Gasteiger partial charge on any atom is 0.303 e. The summed E-state index contributed by atoms with van der Waals surface area (Å²) in [6, 6.07) is 12.5. The van der Waals surface area contributed by atoms with Gasteiger partial charge in [-0.3, -0.25) is 14.7 Å². The Morgan fingerprint density at radius 3 is 2.86 bits per heavy atom. The molecule has 0 saturated carbocycles. The number of ether oxygens (including phenoxy) is 1. The molecule has 194 valence electrons. The van der Waals surface area contributed by atoms with Gasteiger partial charge < -0.3 is 9.84 Å². The number of pyridine rings is 1. The van der Waals surface area contributed by atoms with Crippen molar-refractivity contribution in [2.45, 2.75) is 38.5 Å². The average Bonchev–Trinajstić information content (AvgIpc) is 2.90. The third-order valence-electron chi connectivity index (χ3n) is 7.22. The number of carboxylic acid groups (broad SMARTS) is 1. The van der Waals surface area contributed by atoms with Gasteiger partial charge in [-0.2, -0.15) is 0 Å². The number of halogens is 2. The summed E-state index contributed by atoms with van der Waals surface area (Å²) >= 11 is 5.85. The highest BCUT2D eigenvalue weighted by Crippen LogP contribution is 2.32. The maximum atomic E-state index is 13.4. The smallest absolute Gasteiger partial charge is 0.303 e. The lowest BCUT2D eigenvalue weighted by atomic mass is 9.79. The third-order valence-corrected chi connectivity index (χ3v) is 7.51. The van der Waals surface area contributed by atoms with Gasteiger partial charge in [-0.25, -0.2) is 4.39 Å². The van der Waals surface area contributed by atoms with Crippen molar-refractivity contribution in [1.29, 1.82) is 0 Å². The molecule has 0 aliphatic carbocycles. The quantitative estimate of drug-likeness (QED) is 0.338. The van der Waals surface area contributed by atoms with Crippen LogP contribution in [0.1, 0.15) is 43.2 Å². The van der Waals surface area contributed by atoms with E-state index in [-0.39, 0.29) is 11.4 Å². The number of aromatic nitrogens is 1. The zero-order valence-electron chi connectivity index (χ0n) is 21.1. The van der Waals surface area contributed by atoms with Crippen molar-refractivity contribution in [3.63, 3.8) is 0 Å². The second-order valence-corrected chi connectivity index (χ2v) is 10.1. The van der Waals surface area contributed by atoms with Crippen LogP contribution in [0.25, 0.3) is 10.9 Å². The topological polar surface area (TPSA) is 62.7 Å². The molecule has 1 saturated heterocycles. The predicted octanol–water partition coefficient (Wildman–Crippen LogP) is 6.21. The number of methoxy groups -OCH3 is 1. The molecule has 3 aromatic rings. The molecule has 1 aliphatic heterocycles. The lowest BCUT2D eigenvalue weighted by Crippen LogP contribution is -2.41. The minimum Gasteiger partial charge on any atom is -0.497 e. The number of benzene rings is 2. The third kappa shape index (κ3) is 7.44. The van der Waals surface area contributed by atoms with E-state index in [0.29, 0.717) is 30.4 Å². The first-order chi connectivity index (χ1) is 17.9. The zero-order chi connectivity index (χ0) is 26.2. The fourth-order valence-electron chi connectivity index (χ4n) is 5.22. The Bertz CT molecular complexity index is 1300. The predicted molar refractivity (Wildman–Crippen MR) is 144 cm³/mol. The van der Waals surface area contributed by atoms with Crippen molar-refractivity contribution in [3.8, 4) is 17.6 Å². The molecule has 2 unspecified atom stereocenters. The molecule has 1 aliphatic rings. The van der Waals surface area contributed by atoms with E-state index in [4.69, 9.17) is 16.3 Å². The highest BCUT2D eigenvalue weighted by atomic mass is 35.5. The molecule has 2 heterocycles. The lowest BCUT2D eigenvalue weighted by Gasteiger charge is -2.38. The number of likely N-dealkylation sites (tertiary alicyclic amines) is 1. The van der Waals surface area contributed by atoms with Crippen molar-refractivity contribution in [2.24, 2.45) is 11.8 Å². The Labute approximate surface area is 222 Å². The van der Waals surface area contributed by atoms with Gasteiger partial charge in [-0.15, -0.1) is 0 Å². The van der Waals surface area contributed by atoms with Crippen LogP contribution in [-0.2, 0) is 11.2 Å². The summed E-state index contributed by atoms with van der Waals surface area (Å²) in [6.07, 6.45) is 6.79. The summed E-state index contributed by atoms with van der Waals surface area (Å²) in [5.74, 6) is 6.67. The molecule has 7 heteroatoms. The van der Waals surface area contributed by atoms with Gasteiger partial charge in [0, 0.05) is 30.1 Å². The zero-order valence-corrected chi connectivity index (χ0v) is 21.8. The number of fused-ring (bicyclic) bond motifs is 1. The molecular formula is C30H32ClFN2O3. The van der Waals surface area contributed by atoms with Crippen LogP contribution >= 0.6 is 11.6 Å². The Morgan fingerprint density at radius 1 is 1.22 bits per heavy atom. The summed E-state index contributed by atoms with van der Waals surface area (Å²) in [5, 5.41) is 10.5. The number of carboxylic acids is 1. The van der Waals surface area contributed by atoms with E-state index in [1.165, 1.54) is 17.7 Å². The second kappa shape index (κ2) is 12.9. The van der Waals surface area contributed by atoms with Crippen molar-refractivity contribution < 1.29 is 19.0 Å². The monoisotopic (exact) mass is 522 g/mol. The number of carbonyl (C=O) groups is 1. The molecule has 2 aromatic carbocycles. The molecule has 0 spiro atoms. The van der Waals surface area contributed by atoms with E-state index in [0.717, 1.165) is 55.4 Å². The van der Waals surface area contributed by atoms with E-state index < -0.39 is 11.8 Å². The van der Waals surface area contributed by atoms with Crippen LogP contribution in [0.3, 0.4) is 0 Å². The Morgan fingerprint density at radius 2 is 2.08 bits per heavy atom.